The van der Waals surface area contributed by atoms with Crippen molar-refractivity contribution in [3.05, 3.63) is 29.3 Å². The molecule has 0 bridgehead atoms. The first kappa shape index (κ1) is 13.3. The number of rotatable bonds is 5. The van der Waals surface area contributed by atoms with Crippen LogP contribution in [0.5, 0.6) is 0 Å². The highest BCUT2D eigenvalue weighted by Gasteiger charge is 2.35. The van der Waals surface area contributed by atoms with E-state index in [4.69, 9.17) is 5.11 Å². The first-order valence-corrected chi connectivity index (χ1v) is 7.42. The minimum absolute atomic E-state index is 0.378. The number of aromatic carboxylic acids is 1. The standard InChI is InChI=1S/C14H19NO2S/c1-10-8-11(4-5-12(10)13(16)17)15-9-14(18-2)6-3-7-14/h4-5,8,15H,3,6-7,9H2,1-2H3,(H,16,17). The van der Waals surface area contributed by atoms with Gasteiger partial charge in [-0.15, -0.1) is 0 Å². The van der Waals surface area contributed by atoms with Gasteiger partial charge in [0.2, 0.25) is 0 Å². The van der Waals surface area contributed by atoms with E-state index in [0.29, 0.717) is 10.3 Å². The van der Waals surface area contributed by atoms with E-state index in [1.54, 1.807) is 6.07 Å². The Morgan fingerprint density at radius 3 is 2.67 bits per heavy atom. The van der Waals surface area contributed by atoms with Gasteiger partial charge < -0.3 is 10.4 Å². The van der Waals surface area contributed by atoms with Crippen LogP contribution in [0.2, 0.25) is 0 Å². The summed E-state index contributed by atoms with van der Waals surface area (Å²) >= 11 is 1.93. The molecule has 0 aliphatic heterocycles. The van der Waals surface area contributed by atoms with Crippen molar-refractivity contribution in [2.75, 3.05) is 18.1 Å². The number of carbonyl (C=O) groups is 1. The van der Waals surface area contributed by atoms with Crippen molar-refractivity contribution in [2.45, 2.75) is 30.9 Å². The predicted octanol–water partition coefficient (Wildman–Crippen LogP) is 3.39. The Bertz CT molecular complexity index is 450. The third kappa shape index (κ3) is 2.64. The quantitative estimate of drug-likeness (QED) is 0.856. The molecule has 3 nitrogen and oxygen atoms in total. The summed E-state index contributed by atoms with van der Waals surface area (Å²) in [5, 5.41) is 12.4. The minimum atomic E-state index is -0.862. The number of nitrogens with one attached hydrogen (secondary N) is 1. The van der Waals surface area contributed by atoms with E-state index in [2.05, 4.69) is 11.6 Å². The molecule has 1 fully saturated rings. The number of anilines is 1. The molecule has 0 aromatic heterocycles. The van der Waals surface area contributed by atoms with Crippen LogP contribution < -0.4 is 5.32 Å². The highest BCUT2D eigenvalue weighted by atomic mass is 32.2. The second kappa shape index (κ2) is 5.22. The molecular formula is C14H19NO2S. The zero-order chi connectivity index (χ0) is 13.2. The summed E-state index contributed by atoms with van der Waals surface area (Å²) in [6, 6.07) is 5.44. The van der Waals surface area contributed by atoms with Crippen LogP contribution in [0.15, 0.2) is 18.2 Å². The average Bonchev–Trinajstić information content (AvgIpc) is 2.27. The van der Waals surface area contributed by atoms with Crippen LogP contribution in [0.25, 0.3) is 0 Å². The maximum Gasteiger partial charge on any atom is 0.335 e. The van der Waals surface area contributed by atoms with Crippen LogP contribution >= 0.6 is 11.8 Å². The summed E-state index contributed by atoms with van der Waals surface area (Å²) in [6.07, 6.45) is 6.03. The summed E-state index contributed by atoms with van der Waals surface area (Å²) in [6.45, 7) is 2.79. The number of hydrogen-bond acceptors (Lipinski definition) is 3. The fourth-order valence-corrected chi connectivity index (χ4v) is 3.21. The summed E-state index contributed by atoms with van der Waals surface area (Å²) in [7, 11) is 0. The van der Waals surface area contributed by atoms with Crippen molar-refractivity contribution in [3.63, 3.8) is 0 Å². The topological polar surface area (TPSA) is 49.3 Å². The Morgan fingerprint density at radius 2 is 2.22 bits per heavy atom. The van der Waals surface area contributed by atoms with Gasteiger partial charge >= 0.3 is 5.97 Å². The maximum absolute atomic E-state index is 10.9. The molecule has 0 atom stereocenters. The van der Waals surface area contributed by atoms with E-state index in [0.717, 1.165) is 17.8 Å². The van der Waals surface area contributed by atoms with Crippen LogP contribution in [0, 0.1) is 6.92 Å². The Hall–Kier alpha value is -1.16. The molecular weight excluding hydrogens is 246 g/mol. The van der Waals surface area contributed by atoms with E-state index >= 15 is 0 Å². The van der Waals surface area contributed by atoms with Gasteiger partial charge in [-0.3, -0.25) is 0 Å². The SMILES string of the molecule is CSC1(CNc2ccc(C(=O)O)c(C)c2)CCC1. The third-order valence-corrected chi connectivity index (χ3v) is 5.19. The van der Waals surface area contributed by atoms with Gasteiger partial charge in [-0.05, 0) is 49.8 Å². The number of hydrogen-bond donors (Lipinski definition) is 2. The number of aryl methyl sites for hydroxylation is 1. The van der Waals surface area contributed by atoms with Crippen molar-refractivity contribution in [1.82, 2.24) is 0 Å². The van der Waals surface area contributed by atoms with Gasteiger partial charge in [-0.2, -0.15) is 11.8 Å². The Kier molecular flexibility index (Phi) is 3.85. The molecule has 0 heterocycles. The monoisotopic (exact) mass is 265 g/mol. The Balaban J connectivity index is 2.02. The molecule has 0 spiro atoms. The molecule has 0 saturated heterocycles. The second-order valence-corrected chi connectivity index (χ2v) is 6.20. The highest BCUT2D eigenvalue weighted by Crippen LogP contribution is 2.42. The van der Waals surface area contributed by atoms with Gasteiger partial charge in [0.05, 0.1) is 5.56 Å². The van der Waals surface area contributed by atoms with Gasteiger partial charge in [0.1, 0.15) is 0 Å². The van der Waals surface area contributed by atoms with Gasteiger partial charge in [-0.25, -0.2) is 4.79 Å². The molecule has 0 unspecified atom stereocenters. The van der Waals surface area contributed by atoms with Crippen LogP contribution in [0.1, 0.15) is 35.2 Å². The Morgan fingerprint density at radius 1 is 1.50 bits per heavy atom. The van der Waals surface area contributed by atoms with E-state index in [9.17, 15) is 4.79 Å². The van der Waals surface area contributed by atoms with E-state index in [-0.39, 0.29) is 0 Å². The molecule has 1 aromatic rings. The van der Waals surface area contributed by atoms with Crippen LogP contribution in [-0.4, -0.2) is 28.6 Å². The smallest absolute Gasteiger partial charge is 0.335 e. The molecule has 18 heavy (non-hydrogen) atoms. The summed E-state index contributed by atoms with van der Waals surface area (Å²) in [5.74, 6) is -0.862. The third-order valence-electron chi connectivity index (χ3n) is 3.77. The van der Waals surface area contributed by atoms with E-state index < -0.39 is 5.97 Å². The van der Waals surface area contributed by atoms with Crippen molar-refractivity contribution >= 4 is 23.4 Å². The zero-order valence-electron chi connectivity index (χ0n) is 10.8. The summed E-state index contributed by atoms with van der Waals surface area (Å²) in [4.78, 5) is 10.9. The molecule has 1 aliphatic carbocycles. The second-order valence-electron chi connectivity index (χ2n) is 4.93. The first-order valence-electron chi connectivity index (χ1n) is 6.19. The van der Waals surface area contributed by atoms with Gasteiger partial charge in [-0.1, -0.05) is 6.42 Å². The average molecular weight is 265 g/mol. The molecule has 0 amide bonds. The molecule has 1 aromatic carbocycles. The lowest BCUT2D eigenvalue weighted by atomic mass is 9.84. The lowest BCUT2D eigenvalue weighted by Crippen LogP contribution is -2.40. The highest BCUT2D eigenvalue weighted by molar-refractivity contribution is 8.00. The fraction of sp³-hybridized carbons (Fsp3) is 0.500. The molecule has 0 radical (unpaired) electrons. The van der Waals surface area contributed by atoms with Crippen molar-refractivity contribution in [2.24, 2.45) is 0 Å². The van der Waals surface area contributed by atoms with Crippen LogP contribution in [0.3, 0.4) is 0 Å². The molecule has 1 aliphatic rings. The molecule has 4 heteroatoms. The number of thioether (sulfide) groups is 1. The number of carboxylic acid groups (broad SMARTS) is 1. The zero-order valence-corrected chi connectivity index (χ0v) is 11.6. The van der Waals surface area contributed by atoms with Crippen LogP contribution in [-0.2, 0) is 0 Å². The van der Waals surface area contributed by atoms with Gasteiger partial charge in [0.15, 0.2) is 0 Å². The number of carboxylic acids is 1. The lowest BCUT2D eigenvalue weighted by Gasteiger charge is -2.40. The maximum atomic E-state index is 10.9. The van der Waals surface area contributed by atoms with E-state index in [1.165, 1.54) is 19.3 Å². The fourth-order valence-electron chi connectivity index (χ4n) is 2.30. The van der Waals surface area contributed by atoms with E-state index in [1.807, 2.05) is 30.8 Å². The molecule has 2 N–H and O–H groups in total. The van der Waals surface area contributed by atoms with Crippen LogP contribution in [0.4, 0.5) is 5.69 Å². The van der Waals surface area contributed by atoms with Gasteiger partial charge in [0, 0.05) is 17.0 Å². The summed E-state index contributed by atoms with van der Waals surface area (Å²) < 4.78 is 0.388. The molecule has 98 valence electrons. The Labute approximate surface area is 112 Å². The molecule has 2 rings (SSSR count). The number of benzene rings is 1. The lowest BCUT2D eigenvalue weighted by molar-refractivity contribution is 0.0696. The molecule has 1 saturated carbocycles. The predicted molar refractivity (Wildman–Crippen MR) is 76.7 cm³/mol. The largest absolute Gasteiger partial charge is 0.478 e. The van der Waals surface area contributed by atoms with Crippen molar-refractivity contribution < 1.29 is 9.90 Å². The summed E-state index contributed by atoms with van der Waals surface area (Å²) in [5.41, 5.74) is 2.20. The first-order chi connectivity index (χ1) is 8.56. The van der Waals surface area contributed by atoms with Crippen molar-refractivity contribution in [1.29, 1.82) is 0 Å². The minimum Gasteiger partial charge on any atom is -0.478 e. The van der Waals surface area contributed by atoms with Crippen molar-refractivity contribution in [3.8, 4) is 0 Å². The normalized spacial score (nSPS) is 17.0. The van der Waals surface area contributed by atoms with Gasteiger partial charge in [0.25, 0.3) is 0 Å².